The van der Waals surface area contributed by atoms with Gasteiger partial charge in [-0.15, -0.1) is 0 Å². The Kier molecular flexibility index (Phi) is 12.9. The van der Waals surface area contributed by atoms with Gasteiger partial charge >= 0.3 is 0 Å². The van der Waals surface area contributed by atoms with Crippen molar-refractivity contribution in [1.29, 1.82) is 0 Å². The van der Waals surface area contributed by atoms with Crippen molar-refractivity contribution in [3.05, 3.63) is 47.5 Å². The predicted octanol–water partition coefficient (Wildman–Crippen LogP) is 1.13. The number of nitrogens with one attached hydrogen (secondary N) is 2. The first-order chi connectivity index (χ1) is 14.2. The van der Waals surface area contributed by atoms with Gasteiger partial charge in [0.15, 0.2) is 23.0 Å². The summed E-state index contributed by atoms with van der Waals surface area (Å²) in [5.41, 5.74) is 6.24. The van der Waals surface area contributed by atoms with Gasteiger partial charge in [-0.2, -0.15) is 0 Å². The number of nitrogens with two attached hydrogens (primary N) is 1. The topological polar surface area (TPSA) is 165 Å². The van der Waals surface area contributed by atoms with Crippen molar-refractivity contribution in [2.45, 2.75) is 26.7 Å². The zero-order valence-electron chi connectivity index (χ0n) is 17.5. The van der Waals surface area contributed by atoms with Crippen molar-refractivity contribution < 1.29 is 30.0 Å². The number of hydrogen-bond donors (Lipinski definition) is 7. The first-order valence-corrected chi connectivity index (χ1v) is 9.27. The maximum Gasteiger partial charge on any atom is 0.216 e. The third-order valence-corrected chi connectivity index (χ3v) is 3.65. The van der Waals surface area contributed by atoms with Crippen LogP contribution in [0.2, 0.25) is 0 Å². The Hall–Kier alpha value is -3.46. The molecule has 0 atom stereocenters. The largest absolute Gasteiger partial charge is 0.504 e. The number of amides is 2. The molecule has 0 saturated carbocycles. The van der Waals surface area contributed by atoms with Crippen LogP contribution in [0.5, 0.6) is 23.0 Å². The fourth-order valence-corrected chi connectivity index (χ4v) is 2.21. The third kappa shape index (κ3) is 11.4. The van der Waals surface area contributed by atoms with Gasteiger partial charge in [-0.3, -0.25) is 9.59 Å². The molecule has 9 heteroatoms. The van der Waals surface area contributed by atoms with E-state index in [9.17, 15) is 19.8 Å². The summed E-state index contributed by atoms with van der Waals surface area (Å²) in [5, 5.41) is 41.7. The van der Waals surface area contributed by atoms with Crippen molar-refractivity contribution in [2.75, 3.05) is 20.1 Å². The number of aromatic hydroxyl groups is 4. The lowest BCUT2D eigenvalue weighted by Gasteiger charge is -2.04. The monoisotopic (exact) mass is 421 g/mol. The molecule has 166 valence electrons. The van der Waals surface area contributed by atoms with Gasteiger partial charge in [-0.25, -0.2) is 0 Å². The second kappa shape index (κ2) is 14.5. The maximum absolute atomic E-state index is 10.6. The molecule has 0 aliphatic carbocycles. The number of benzene rings is 2. The fraction of sp³-hybridized carbons (Fsp3) is 0.333. The molecule has 2 aromatic rings. The highest BCUT2D eigenvalue weighted by Crippen LogP contribution is 2.25. The highest BCUT2D eigenvalue weighted by atomic mass is 16.3. The lowest BCUT2D eigenvalue weighted by Crippen LogP contribution is -2.22. The first kappa shape index (κ1) is 26.5. The van der Waals surface area contributed by atoms with Crippen LogP contribution in [0.1, 0.15) is 25.0 Å². The summed E-state index contributed by atoms with van der Waals surface area (Å²) in [6, 6.07) is 9.24. The van der Waals surface area contributed by atoms with Gasteiger partial charge in [-0.05, 0) is 55.3 Å². The lowest BCUT2D eigenvalue weighted by molar-refractivity contribution is -0.119. The van der Waals surface area contributed by atoms with E-state index in [-0.39, 0.29) is 34.8 Å². The number of phenols is 4. The van der Waals surface area contributed by atoms with E-state index >= 15 is 0 Å². The SMILES string of the molecule is CC(=O)NCCc1ccc(O)c(O)c1.CC(=O)NCCc1ccc(O)c(O)c1.CN. The van der Waals surface area contributed by atoms with Crippen LogP contribution in [0.25, 0.3) is 0 Å². The Bertz CT molecular complexity index is 744. The van der Waals surface area contributed by atoms with E-state index < -0.39 is 0 Å². The van der Waals surface area contributed by atoms with E-state index in [2.05, 4.69) is 16.4 Å². The molecule has 0 heterocycles. The van der Waals surface area contributed by atoms with Crippen LogP contribution in [-0.4, -0.2) is 52.4 Å². The number of rotatable bonds is 6. The number of phenolic OH excluding ortho intramolecular Hbond substituents is 4. The summed E-state index contributed by atoms with van der Waals surface area (Å²) in [6.07, 6.45) is 1.26. The normalized spacial score (nSPS) is 9.33. The van der Waals surface area contributed by atoms with Gasteiger partial charge in [0.2, 0.25) is 11.8 Å². The van der Waals surface area contributed by atoms with E-state index in [1.54, 1.807) is 12.1 Å². The van der Waals surface area contributed by atoms with Gasteiger partial charge in [0.05, 0.1) is 0 Å². The fourth-order valence-electron chi connectivity index (χ4n) is 2.21. The average Bonchev–Trinajstić information content (AvgIpc) is 2.69. The van der Waals surface area contributed by atoms with Crippen LogP contribution in [0, 0.1) is 0 Å². The number of hydrogen-bond acceptors (Lipinski definition) is 7. The lowest BCUT2D eigenvalue weighted by atomic mass is 10.1. The van der Waals surface area contributed by atoms with Crippen molar-refractivity contribution in [1.82, 2.24) is 10.6 Å². The standard InChI is InChI=1S/2C10H13NO3.CH5N/c2*1-7(12)11-5-4-8-2-3-9(13)10(14)6-8;1-2/h2*2-3,6,13-14H,4-5H2,1H3,(H,11,12);2H2,1H3. The third-order valence-electron chi connectivity index (χ3n) is 3.65. The Morgan fingerprint density at radius 1 is 0.700 bits per heavy atom. The van der Waals surface area contributed by atoms with Crippen LogP contribution in [0.3, 0.4) is 0 Å². The van der Waals surface area contributed by atoms with Crippen LogP contribution in [0.4, 0.5) is 0 Å². The van der Waals surface area contributed by atoms with Crippen molar-refractivity contribution in [2.24, 2.45) is 5.73 Å². The molecule has 9 nitrogen and oxygen atoms in total. The van der Waals surface area contributed by atoms with E-state index in [0.29, 0.717) is 25.9 Å². The average molecular weight is 421 g/mol. The second-order valence-corrected chi connectivity index (χ2v) is 6.11. The molecule has 8 N–H and O–H groups in total. The van der Waals surface area contributed by atoms with Crippen molar-refractivity contribution in [3.8, 4) is 23.0 Å². The summed E-state index contributed by atoms with van der Waals surface area (Å²) in [5.74, 6) is -0.682. The van der Waals surface area contributed by atoms with E-state index in [1.165, 1.54) is 45.2 Å². The summed E-state index contributed by atoms with van der Waals surface area (Å²) < 4.78 is 0. The summed E-state index contributed by atoms with van der Waals surface area (Å²) in [4.78, 5) is 21.1. The molecular formula is C21H31N3O6. The molecule has 30 heavy (non-hydrogen) atoms. The minimum Gasteiger partial charge on any atom is -0.504 e. The molecule has 2 amide bonds. The zero-order chi connectivity index (χ0) is 23.1. The van der Waals surface area contributed by atoms with Crippen LogP contribution in [-0.2, 0) is 22.4 Å². The van der Waals surface area contributed by atoms with Gasteiger partial charge < -0.3 is 36.8 Å². The van der Waals surface area contributed by atoms with E-state index in [0.717, 1.165) is 11.1 Å². The van der Waals surface area contributed by atoms with Crippen molar-refractivity contribution >= 4 is 11.8 Å². The minimum atomic E-state index is -0.134. The summed E-state index contributed by atoms with van der Waals surface area (Å²) in [6.45, 7) is 3.96. The number of carbonyl (C=O) groups is 2. The smallest absolute Gasteiger partial charge is 0.216 e. The summed E-state index contributed by atoms with van der Waals surface area (Å²) in [7, 11) is 1.50. The Labute approximate surface area is 176 Å². The minimum absolute atomic E-state index is 0.0759. The molecule has 2 rings (SSSR count). The first-order valence-electron chi connectivity index (χ1n) is 9.27. The Morgan fingerprint density at radius 3 is 1.30 bits per heavy atom. The van der Waals surface area contributed by atoms with Crippen LogP contribution in [0.15, 0.2) is 36.4 Å². The van der Waals surface area contributed by atoms with Gasteiger partial charge in [0.25, 0.3) is 0 Å². The Balaban J connectivity index is 0.000000518. The molecule has 2 aromatic carbocycles. The molecule has 0 spiro atoms. The highest BCUT2D eigenvalue weighted by molar-refractivity contribution is 5.73. The van der Waals surface area contributed by atoms with Crippen LogP contribution >= 0.6 is 0 Å². The molecular weight excluding hydrogens is 390 g/mol. The predicted molar refractivity (Wildman–Crippen MR) is 114 cm³/mol. The van der Waals surface area contributed by atoms with E-state index in [4.69, 9.17) is 10.2 Å². The molecule has 0 aromatic heterocycles. The van der Waals surface area contributed by atoms with Crippen molar-refractivity contribution in [3.63, 3.8) is 0 Å². The second-order valence-electron chi connectivity index (χ2n) is 6.11. The molecule has 0 unspecified atom stereocenters. The van der Waals surface area contributed by atoms with Gasteiger partial charge in [0, 0.05) is 26.9 Å². The van der Waals surface area contributed by atoms with Gasteiger partial charge in [0.1, 0.15) is 0 Å². The zero-order valence-corrected chi connectivity index (χ0v) is 17.5. The molecule has 0 radical (unpaired) electrons. The maximum atomic E-state index is 10.6. The Morgan fingerprint density at radius 2 is 1.03 bits per heavy atom. The quantitative estimate of drug-likeness (QED) is 0.343. The molecule has 0 saturated heterocycles. The van der Waals surface area contributed by atoms with Crippen LogP contribution < -0.4 is 16.4 Å². The highest BCUT2D eigenvalue weighted by Gasteiger charge is 2.01. The van der Waals surface area contributed by atoms with Gasteiger partial charge in [-0.1, -0.05) is 12.1 Å². The molecule has 0 fully saturated rings. The molecule has 0 bridgehead atoms. The molecule has 0 aliphatic heterocycles. The number of carbonyl (C=O) groups excluding carboxylic acids is 2. The molecule has 0 aliphatic rings. The van der Waals surface area contributed by atoms with E-state index in [1.807, 2.05) is 0 Å². The summed E-state index contributed by atoms with van der Waals surface area (Å²) >= 11 is 0.